The number of methoxy groups -OCH3 is 1. The average Bonchev–Trinajstić information content (AvgIpc) is 2.84. The van der Waals surface area contributed by atoms with Crippen molar-refractivity contribution in [2.24, 2.45) is 0 Å². The van der Waals surface area contributed by atoms with E-state index in [1.807, 2.05) is 20.8 Å². The lowest BCUT2D eigenvalue weighted by atomic mass is 10.0. The highest BCUT2D eigenvalue weighted by Gasteiger charge is 2.25. The second kappa shape index (κ2) is 6.69. The van der Waals surface area contributed by atoms with Crippen LogP contribution in [0.1, 0.15) is 45.9 Å². The summed E-state index contributed by atoms with van der Waals surface area (Å²) in [6.45, 7) is 7.15. The molecule has 2 rings (SSSR count). The lowest BCUT2D eigenvalue weighted by Crippen LogP contribution is -2.12. The fourth-order valence-electron chi connectivity index (χ4n) is 2.80. The van der Waals surface area contributed by atoms with Crippen LogP contribution in [-0.2, 0) is 4.74 Å². The van der Waals surface area contributed by atoms with Crippen molar-refractivity contribution in [3.8, 4) is 0 Å². The first-order valence-electron chi connectivity index (χ1n) is 7.32. The van der Waals surface area contributed by atoms with Gasteiger partial charge >= 0.3 is 5.97 Å². The molecule has 0 radical (unpaired) electrons. The topological polar surface area (TPSA) is 108 Å². The number of nitro groups is 1. The minimum Gasteiger partial charge on any atom is -0.465 e. The molecule has 2 aromatic rings. The summed E-state index contributed by atoms with van der Waals surface area (Å²) in [5, 5.41) is 18.4. The van der Waals surface area contributed by atoms with Gasteiger partial charge in [0, 0.05) is 16.8 Å². The van der Waals surface area contributed by atoms with Crippen LogP contribution in [0.15, 0.2) is 16.7 Å². The van der Waals surface area contributed by atoms with Gasteiger partial charge in [-0.05, 0) is 39.8 Å². The molecule has 0 spiro atoms. The average molecular weight is 333 g/mol. The van der Waals surface area contributed by atoms with E-state index in [1.165, 1.54) is 13.2 Å². The predicted molar refractivity (Wildman–Crippen MR) is 87.2 cm³/mol. The zero-order valence-electron chi connectivity index (χ0n) is 14.2. The number of aromatic nitrogens is 1. The number of carbonyl (C=O) groups is 1. The molecule has 0 saturated heterocycles. The van der Waals surface area contributed by atoms with Crippen molar-refractivity contribution in [3.05, 3.63) is 50.4 Å². The van der Waals surface area contributed by atoms with Gasteiger partial charge in [-0.3, -0.25) is 10.1 Å². The molecular weight excluding hydrogens is 314 g/mol. The quantitative estimate of drug-likeness (QED) is 0.507. The van der Waals surface area contributed by atoms with E-state index in [2.05, 4.69) is 15.2 Å². The smallest absolute Gasteiger partial charge is 0.344 e. The molecule has 1 heterocycles. The van der Waals surface area contributed by atoms with E-state index in [1.54, 1.807) is 13.0 Å². The highest BCUT2D eigenvalue weighted by atomic mass is 16.6. The van der Waals surface area contributed by atoms with Gasteiger partial charge in [-0.2, -0.15) is 0 Å². The van der Waals surface area contributed by atoms with Gasteiger partial charge in [0.1, 0.15) is 11.3 Å². The Morgan fingerprint density at radius 2 is 2.04 bits per heavy atom. The second-order valence-electron chi connectivity index (χ2n) is 5.54. The number of hydrogen-bond acceptors (Lipinski definition) is 7. The zero-order valence-corrected chi connectivity index (χ0v) is 14.2. The van der Waals surface area contributed by atoms with E-state index in [0.29, 0.717) is 17.0 Å². The number of nitrogens with one attached hydrogen (secondary N) is 1. The van der Waals surface area contributed by atoms with Gasteiger partial charge in [0.05, 0.1) is 23.8 Å². The number of benzene rings is 1. The zero-order chi connectivity index (χ0) is 18.0. The van der Waals surface area contributed by atoms with E-state index in [-0.39, 0.29) is 17.3 Å². The molecule has 8 heteroatoms. The van der Waals surface area contributed by atoms with Crippen molar-refractivity contribution in [2.45, 2.75) is 33.7 Å². The number of esters is 1. The predicted octanol–water partition coefficient (Wildman–Crippen LogP) is 3.47. The van der Waals surface area contributed by atoms with Crippen LogP contribution in [0.25, 0.3) is 0 Å². The van der Waals surface area contributed by atoms with E-state index in [4.69, 9.17) is 4.52 Å². The van der Waals surface area contributed by atoms with Crippen LogP contribution in [0.4, 0.5) is 11.4 Å². The van der Waals surface area contributed by atoms with Crippen LogP contribution in [-0.4, -0.2) is 23.2 Å². The van der Waals surface area contributed by atoms with Gasteiger partial charge in [-0.25, -0.2) is 4.79 Å². The Hall–Kier alpha value is -2.90. The van der Waals surface area contributed by atoms with Crippen LogP contribution in [0.5, 0.6) is 0 Å². The van der Waals surface area contributed by atoms with Crippen LogP contribution in [0, 0.1) is 30.9 Å². The lowest BCUT2D eigenvalue weighted by molar-refractivity contribution is -0.385. The summed E-state index contributed by atoms with van der Waals surface area (Å²) < 4.78 is 9.81. The van der Waals surface area contributed by atoms with Gasteiger partial charge < -0.3 is 14.6 Å². The van der Waals surface area contributed by atoms with E-state index in [0.717, 1.165) is 11.3 Å². The molecule has 0 aliphatic carbocycles. The Morgan fingerprint density at radius 1 is 1.38 bits per heavy atom. The van der Waals surface area contributed by atoms with Gasteiger partial charge in [0.25, 0.3) is 5.69 Å². The fourth-order valence-corrected chi connectivity index (χ4v) is 2.80. The molecule has 1 aromatic heterocycles. The number of anilines is 1. The van der Waals surface area contributed by atoms with Crippen molar-refractivity contribution in [1.29, 1.82) is 0 Å². The molecule has 0 aliphatic rings. The first kappa shape index (κ1) is 17.5. The van der Waals surface area contributed by atoms with Crippen molar-refractivity contribution in [2.75, 3.05) is 12.4 Å². The Balaban J connectivity index is 2.43. The largest absolute Gasteiger partial charge is 0.465 e. The number of carbonyl (C=O) groups excluding carboxylic acids is 1. The maximum Gasteiger partial charge on any atom is 0.344 e. The standard InChI is InChI=1S/C16H19N3O5/c1-8-6-12(7-13(16(20)23-5)15(8)19(21)22)17-9(2)14-10(3)18-24-11(14)4/h6-7,9,17H,1-5H3/t9-/m1/s1. The fraction of sp³-hybridized carbons (Fsp3) is 0.375. The van der Waals surface area contributed by atoms with Crippen molar-refractivity contribution in [1.82, 2.24) is 5.16 Å². The van der Waals surface area contributed by atoms with Crippen molar-refractivity contribution < 1.29 is 19.0 Å². The van der Waals surface area contributed by atoms with Crippen LogP contribution < -0.4 is 5.32 Å². The number of nitro benzene ring substituents is 1. The molecule has 0 amide bonds. The number of aryl methyl sites for hydroxylation is 3. The maximum atomic E-state index is 11.9. The molecule has 0 saturated carbocycles. The molecule has 0 unspecified atom stereocenters. The molecule has 8 nitrogen and oxygen atoms in total. The van der Waals surface area contributed by atoms with Crippen molar-refractivity contribution >= 4 is 17.3 Å². The minimum atomic E-state index is -0.751. The number of hydrogen-bond donors (Lipinski definition) is 1. The first-order valence-corrected chi connectivity index (χ1v) is 7.32. The molecular formula is C16H19N3O5. The molecule has 0 bridgehead atoms. The number of ether oxygens (including phenoxy) is 1. The molecule has 24 heavy (non-hydrogen) atoms. The summed E-state index contributed by atoms with van der Waals surface area (Å²) >= 11 is 0. The Morgan fingerprint density at radius 3 is 2.54 bits per heavy atom. The van der Waals surface area contributed by atoms with Gasteiger partial charge in [-0.1, -0.05) is 5.16 Å². The second-order valence-corrected chi connectivity index (χ2v) is 5.54. The summed E-state index contributed by atoms with van der Waals surface area (Å²) in [6.07, 6.45) is 0. The van der Waals surface area contributed by atoms with E-state index < -0.39 is 10.9 Å². The highest BCUT2D eigenvalue weighted by molar-refractivity contribution is 5.95. The van der Waals surface area contributed by atoms with Gasteiger partial charge in [0.2, 0.25) is 0 Å². The highest BCUT2D eigenvalue weighted by Crippen LogP contribution is 2.31. The van der Waals surface area contributed by atoms with Gasteiger partial charge in [-0.15, -0.1) is 0 Å². The number of rotatable bonds is 5. The molecule has 1 atom stereocenters. The molecule has 1 N–H and O–H groups in total. The summed E-state index contributed by atoms with van der Waals surface area (Å²) in [5.74, 6) is -0.0576. The Labute approximate surface area is 138 Å². The third-order valence-electron chi connectivity index (χ3n) is 3.79. The normalized spacial score (nSPS) is 11.9. The molecule has 0 fully saturated rings. The summed E-state index contributed by atoms with van der Waals surface area (Å²) in [7, 11) is 1.19. The summed E-state index contributed by atoms with van der Waals surface area (Å²) in [4.78, 5) is 22.5. The Bertz CT molecular complexity index is 778. The van der Waals surface area contributed by atoms with E-state index >= 15 is 0 Å². The third kappa shape index (κ3) is 3.22. The third-order valence-corrected chi connectivity index (χ3v) is 3.79. The lowest BCUT2D eigenvalue weighted by Gasteiger charge is -2.16. The van der Waals surface area contributed by atoms with Crippen LogP contribution in [0.3, 0.4) is 0 Å². The number of nitrogens with zero attached hydrogens (tertiary/aromatic N) is 2. The van der Waals surface area contributed by atoms with Crippen molar-refractivity contribution in [3.63, 3.8) is 0 Å². The van der Waals surface area contributed by atoms with Crippen LogP contribution in [0.2, 0.25) is 0 Å². The summed E-state index contributed by atoms with van der Waals surface area (Å²) in [5.41, 5.74) is 2.28. The summed E-state index contributed by atoms with van der Waals surface area (Å²) in [6, 6.07) is 2.90. The van der Waals surface area contributed by atoms with Gasteiger partial charge in [0.15, 0.2) is 0 Å². The first-order chi connectivity index (χ1) is 11.3. The monoisotopic (exact) mass is 333 g/mol. The Kier molecular flexibility index (Phi) is 4.87. The molecule has 0 aliphatic heterocycles. The molecule has 1 aromatic carbocycles. The van der Waals surface area contributed by atoms with E-state index in [9.17, 15) is 14.9 Å². The maximum absolute atomic E-state index is 11.9. The SMILES string of the molecule is COC(=O)c1cc(N[C@H](C)c2c(C)noc2C)cc(C)c1[N+](=O)[O-]. The minimum absolute atomic E-state index is 0.0871. The van der Waals surface area contributed by atoms with Crippen LogP contribution >= 0.6 is 0 Å². The molecule has 128 valence electrons.